The Morgan fingerprint density at radius 3 is 2.65 bits per heavy atom. The molecule has 194 valence electrons. The fourth-order valence-corrected chi connectivity index (χ4v) is 5.10. The number of methoxy groups -OCH3 is 1. The zero-order valence-electron chi connectivity index (χ0n) is 21.2. The number of amidine groups is 2. The lowest BCUT2D eigenvalue weighted by Gasteiger charge is -2.27. The predicted molar refractivity (Wildman–Crippen MR) is 147 cm³/mol. The van der Waals surface area contributed by atoms with Crippen LogP contribution in [0.3, 0.4) is 0 Å². The first kappa shape index (κ1) is 26.4. The summed E-state index contributed by atoms with van der Waals surface area (Å²) in [7, 11) is 1.55. The fraction of sp³-hybridized carbons (Fsp3) is 0.370. The van der Waals surface area contributed by atoms with Gasteiger partial charge in [0.15, 0.2) is 5.17 Å². The average Bonchev–Trinajstić information content (AvgIpc) is 3.23. The first-order valence-electron chi connectivity index (χ1n) is 12.4. The minimum Gasteiger partial charge on any atom is -0.495 e. The van der Waals surface area contributed by atoms with Crippen LogP contribution in [0.5, 0.6) is 5.75 Å². The maximum absolute atomic E-state index is 13.5. The summed E-state index contributed by atoms with van der Waals surface area (Å²) < 4.78 is 5.35. The standard InChI is InChI=1S/C27H31N5O4S/c1-4-6-15-28-23(33)16-20-26(35)32-24(29-20)17-11-7-8-12-18(17)31-27(32)37-22(5-2)25(34)30-19-13-9-10-14-21(19)36-3/h7-14,20,22H,4-6,15-16H2,1-3H3,(H,28,33)(H,30,34)/t20-,22+/m0/s1. The number of thioether (sulfide) groups is 1. The van der Waals surface area contributed by atoms with Gasteiger partial charge in [-0.25, -0.2) is 9.89 Å². The molecule has 2 aromatic carbocycles. The van der Waals surface area contributed by atoms with Gasteiger partial charge >= 0.3 is 0 Å². The van der Waals surface area contributed by atoms with Crippen molar-refractivity contribution in [3.63, 3.8) is 0 Å². The topological polar surface area (TPSA) is 112 Å². The van der Waals surface area contributed by atoms with E-state index in [9.17, 15) is 14.4 Å². The number of benzene rings is 2. The van der Waals surface area contributed by atoms with Gasteiger partial charge in [0.1, 0.15) is 17.6 Å². The molecule has 0 radical (unpaired) electrons. The molecule has 0 fully saturated rings. The van der Waals surface area contributed by atoms with E-state index in [-0.39, 0.29) is 24.1 Å². The van der Waals surface area contributed by atoms with Crippen molar-refractivity contribution in [1.29, 1.82) is 0 Å². The molecule has 0 bridgehead atoms. The highest BCUT2D eigenvalue weighted by atomic mass is 32.2. The van der Waals surface area contributed by atoms with Crippen LogP contribution < -0.4 is 15.4 Å². The first-order valence-corrected chi connectivity index (χ1v) is 13.3. The van der Waals surface area contributed by atoms with Crippen molar-refractivity contribution in [1.82, 2.24) is 10.2 Å². The molecule has 2 aromatic rings. The van der Waals surface area contributed by atoms with Crippen molar-refractivity contribution < 1.29 is 19.1 Å². The SMILES string of the molecule is CCCCNC(=O)C[C@@H]1N=C2c3ccccc3N=C(S[C@H](CC)C(=O)Nc3ccccc3OC)N2C1=O. The van der Waals surface area contributed by atoms with Crippen LogP contribution in [0, 0.1) is 0 Å². The van der Waals surface area contributed by atoms with E-state index in [1.807, 2.05) is 50.2 Å². The second-order valence-electron chi connectivity index (χ2n) is 8.67. The van der Waals surface area contributed by atoms with Gasteiger partial charge in [-0.2, -0.15) is 0 Å². The van der Waals surface area contributed by atoms with Crippen LogP contribution >= 0.6 is 11.8 Å². The van der Waals surface area contributed by atoms with E-state index in [0.29, 0.717) is 41.1 Å². The second-order valence-corrected chi connectivity index (χ2v) is 9.84. The van der Waals surface area contributed by atoms with Crippen LogP contribution in [-0.4, -0.2) is 58.6 Å². The third-order valence-electron chi connectivity index (χ3n) is 6.05. The van der Waals surface area contributed by atoms with Crippen molar-refractivity contribution in [2.45, 2.75) is 50.8 Å². The van der Waals surface area contributed by atoms with E-state index in [0.717, 1.165) is 18.4 Å². The molecule has 2 atom stereocenters. The molecule has 0 aromatic heterocycles. The number of fused-ring (bicyclic) bond motifs is 3. The Labute approximate surface area is 220 Å². The monoisotopic (exact) mass is 521 g/mol. The number of nitrogens with one attached hydrogen (secondary N) is 2. The lowest BCUT2D eigenvalue weighted by Crippen LogP contribution is -2.43. The Balaban J connectivity index is 1.56. The lowest BCUT2D eigenvalue weighted by atomic mass is 10.1. The van der Waals surface area contributed by atoms with Crippen molar-refractivity contribution >= 4 is 51.9 Å². The number of ether oxygens (including phenoxy) is 1. The molecule has 9 nitrogen and oxygen atoms in total. The Kier molecular flexibility index (Phi) is 8.60. The highest BCUT2D eigenvalue weighted by Crippen LogP contribution is 2.36. The van der Waals surface area contributed by atoms with Crippen LogP contribution in [0.15, 0.2) is 58.5 Å². The van der Waals surface area contributed by atoms with Crippen molar-refractivity contribution in [2.75, 3.05) is 19.0 Å². The molecule has 0 spiro atoms. The number of hydrogen-bond acceptors (Lipinski definition) is 7. The van der Waals surface area contributed by atoms with E-state index < -0.39 is 11.3 Å². The minimum atomic E-state index is -0.837. The third kappa shape index (κ3) is 5.85. The van der Waals surface area contributed by atoms with Crippen LogP contribution in [0.1, 0.15) is 45.1 Å². The molecule has 2 aliphatic heterocycles. The second kappa shape index (κ2) is 12.1. The Morgan fingerprint density at radius 2 is 1.89 bits per heavy atom. The smallest absolute Gasteiger partial charge is 0.259 e. The quantitative estimate of drug-likeness (QED) is 0.457. The van der Waals surface area contributed by atoms with Gasteiger partial charge in [-0.1, -0.05) is 56.3 Å². The van der Waals surface area contributed by atoms with Crippen molar-refractivity contribution in [3.05, 3.63) is 54.1 Å². The van der Waals surface area contributed by atoms with Crippen molar-refractivity contribution in [3.8, 4) is 5.75 Å². The molecule has 4 rings (SSSR count). The normalized spacial score (nSPS) is 16.8. The van der Waals surface area contributed by atoms with Crippen LogP contribution in [0.4, 0.5) is 11.4 Å². The van der Waals surface area contributed by atoms with Gasteiger partial charge in [-0.3, -0.25) is 19.4 Å². The number of para-hydroxylation sites is 3. The van der Waals surface area contributed by atoms with E-state index in [1.54, 1.807) is 19.2 Å². The molecule has 2 heterocycles. The molecule has 10 heteroatoms. The molecule has 0 saturated carbocycles. The summed E-state index contributed by atoms with van der Waals surface area (Å²) in [6.45, 7) is 4.52. The maximum atomic E-state index is 13.5. The van der Waals surface area contributed by atoms with Crippen LogP contribution in [0.2, 0.25) is 0 Å². The van der Waals surface area contributed by atoms with Gasteiger partial charge in [-0.05, 0) is 37.1 Å². The number of aliphatic imine (C=N–C) groups is 2. The number of unbranched alkanes of at least 4 members (excludes halogenated alkanes) is 1. The Bertz CT molecular complexity index is 1240. The van der Waals surface area contributed by atoms with E-state index >= 15 is 0 Å². The number of nitrogens with zero attached hydrogens (tertiary/aromatic N) is 3. The Morgan fingerprint density at radius 1 is 1.14 bits per heavy atom. The minimum absolute atomic E-state index is 0.0336. The van der Waals surface area contributed by atoms with Crippen LogP contribution in [-0.2, 0) is 14.4 Å². The highest BCUT2D eigenvalue weighted by molar-refractivity contribution is 8.15. The summed E-state index contributed by atoms with van der Waals surface area (Å²) in [5.41, 5.74) is 1.96. The van der Waals surface area contributed by atoms with Gasteiger partial charge in [0.2, 0.25) is 11.8 Å². The Hall–Kier alpha value is -3.66. The molecule has 2 N–H and O–H groups in total. The third-order valence-corrected chi connectivity index (χ3v) is 7.37. The van der Waals surface area contributed by atoms with Gasteiger partial charge in [0.25, 0.3) is 5.91 Å². The number of hydrogen-bond donors (Lipinski definition) is 2. The van der Waals surface area contributed by atoms with Gasteiger partial charge in [-0.15, -0.1) is 0 Å². The van der Waals surface area contributed by atoms with Gasteiger partial charge in [0.05, 0.1) is 30.2 Å². The molecule has 3 amide bonds. The molecule has 37 heavy (non-hydrogen) atoms. The fourth-order valence-electron chi connectivity index (χ4n) is 4.08. The molecular formula is C27H31N5O4S. The summed E-state index contributed by atoms with van der Waals surface area (Å²) in [6.07, 6.45) is 2.31. The van der Waals surface area contributed by atoms with Crippen LogP contribution in [0.25, 0.3) is 0 Å². The van der Waals surface area contributed by atoms with E-state index in [1.165, 1.54) is 16.7 Å². The summed E-state index contributed by atoms with van der Waals surface area (Å²) >= 11 is 1.21. The molecule has 0 saturated heterocycles. The number of anilines is 1. The molecular weight excluding hydrogens is 490 g/mol. The maximum Gasteiger partial charge on any atom is 0.259 e. The number of amides is 3. The predicted octanol–water partition coefficient (Wildman–Crippen LogP) is 4.11. The number of carbonyl (C=O) groups excluding carboxylic acids is 3. The van der Waals surface area contributed by atoms with Gasteiger partial charge in [0, 0.05) is 12.1 Å². The zero-order chi connectivity index (χ0) is 26.4. The van der Waals surface area contributed by atoms with E-state index in [2.05, 4.69) is 15.6 Å². The summed E-state index contributed by atoms with van der Waals surface area (Å²) in [6, 6.07) is 13.8. The summed E-state index contributed by atoms with van der Waals surface area (Å²) in [5.74, 6) is 0.267. The molecule has 2 aliphatic rings. The highest BCUT2D eigenvalue weighted by Gasteiger charge is 2.43. The number of carbonyl (C=O) groups is 3. The summed E-state index contributed by atoms with van der Waals surface area (Å²) in [5, 5.41) is 5.62. The van der Waals surface area contributed by atoms with Crippen molar-refractivity contribution in [2.24, 2.45) is 9.98 Å². The first-order chi connectivity index (χ1) is 18.0. The lowest BCUT2D eigenvalue weighted by molar-refractivity contribution is -0.128. The average molecular weight is 522 g/mol. The molecule has 0 aliphatic carbocycles. The zero-order valence-corrected chi connectivity index (χ0v) is 22.0. The largest absolute Gasteiger partial charge is 0.495 e. The number of rotatable bonds is 10. The molecule has 0 unspecified atom stereocenters. The van der Waals surface area contributed by atoms with E-state index in [4.69, 9.17) is 9.73 Å². The summed E-state index contributed by atoms with van der Waals surface area (Å²) in [4.78, 5) is 49.9. The van der Waals surface area contributed by atoms with Gasteiger partial charge < -0.3 is 15.4 Å².